The van der Waals surface area contributed by atoms with E-state index in [1.54, 1.807) is 42.5 Å². The number of methoxy groups -OCH3 is 1. The first-order valence-electron chi connectivity index (χ1n) is 9.04. The first-order valence-corrected chi connectivity index (χ1v) is 9.04. The fourth-order valence-corrected chi connectivity index (χ4v) is 2.97. The van der Waals surface area contributed by atoms with Crippen LogP contribution in [0.15, 0.2) is 57.7 Å². The van der Waals surface area contributed by atoms with Crippen LogP contribution in [0, 0.1) is 0 Å². The summed E-state index contributed by atoms with van der Waals surface area (Å²) in [5.41, 5.74) is 5.18. The predicted molar refractivity (Wildman–Crippen MR) is 109 cm³/mol. The second kappa shape index (κ2) is 8.06. The SMILES string of the molecule is COc1cccc2cc(C(=O)Nc3ccccc3-c3nnn(CC(N)=O)n3)c(=O)oc12. The molecule has 0 fully saturated rings. The molecule has 0 unspecified atom stereocenters. The maximum atomic E-state index is 12.8. The number of rotatable bonds is 6. The van der Waals surface area contributed by atoms with E-state index in [1.165, 1.54) is 13.2 Å². The van der Waals surface area contributed by atoms with E-state index in [-0.39, 0.29) is 23.5 Å². The lowest BCUT2D eigenvalue weighted by Gasteiger charge is -2.09. The first kappa shape index (κ1) is 19.8. The van der Waals surface area contributed by atoms with Crippen molar-refractivity contribution in [3.63, 3.8) is 0 Å². The maximum absolute atomic E-state index is 12.8. The Balaban J connectivity index is 1.67. The molecule has 2 amide bonds. The smallest absolute Gasteiger partial charge is 0.349 e. The average molecular weight is 420 g/mol. The lowest BCUT2D eigenvalue weighted by molar-refractivity contribution is -0.118. The normalized spacial score (nSPS) is 10.7. The van der Waals surface area contributed by atoms with Crippen molar-refractivity contribution < 1.29 is 18.7 Å². The molecule has 0 aliphatic heterocycles. The number of carbonyl (C=O) groups excluding carboxylic acids is 2. The number of nitrogens with zero attached hydrogens (tertiary/aromatic N) is 4. The van der Waals surface area contributed by atoms with Crippen LogP contribution < -0.4 is 21.4 Å². The predicted octanol–water partition coefficient (Wildman–Crippen LogP) is 1.19. The van der Waals surface area contributed by atoms with E-state index in [2.05, 4.69) is 20.7 Å². The molecule has 4 rings (SSSR count). The monoisotopic (exact) mass is 420 g/mol. The van der Waals surface area contributed by atoms with Gasteiger partial charge in [-0.3, -0.25) is 9.59 Å². The molecule has 11 heteroatoms. The number of carbonyl (C=O) groups is 2. The van der Waals surface area contributed by atoms with E-state index < -0.39 is 17.4 Å². The molecule has 3 N–H and O–H groups in total. The highest BCUT2D eigenvalue weighted by Crippen LogP contribution is 2.26. The standard InChI is InChI=1S/C20H16N6O5/c1-30-15-8-4-5-11-9-13(20(29)31-17(11)15)19(28)22-14-7-3-2-6-12(14)18-23-25-26(24-18)10-16(21)27/h2-9H,10H2,1H3,(H2,21,27)(H,22,28). The summed E-state index contributed by atoms with van der Waals surface area (Å²) in [6, 6.07) is 13.2. The maximum Gasteiger partial charge on any atom is 0.349 e. The highest BCUT2D eigenvalue weighted by molar-refractivity contribution is 6.07. The summed E-state index contributed by atoms with van der Waals surface area (Å²) in [6.07, 6.45) is 0. The van der Waals surface area contributed by atoms with Gasteiger partial charge in [0.05, 0.1) is 12.8 Å². The Labute approximate surface area is 174 Å². The largest absolute Gasteiger partial charge is 0.493 e. The van der Waals surface area contributed by atoms with Crippen LogP contribution in [0.25, 0.3) is 22.4 Å². The van der Waals surface area contributed by atoms with Gasteiger partial charge in [-0.05, 0) is 29.5 Å². The molecule has 0 saturated heterocycles. The highest BCUT2D eigenvalue weighted by Gasteiger charge is 2.18. The number of hydrogen-bond donors (Lipinski definition) is 2. The van der Waals surface area contributed by atoms with Crippen LogP contribution in [0.3, 0.4) is 0 Å². The molecule has 11 nitrogen and oxygen atoms in total. The van der Waals surface area contributed by atoms with E-state index in [0.29, 0.717) is 22.4 Å². The Bertz CT molecular complexity index is 1360. The van der Waals surface area contributed by atoms with E-state index in [4.69, 9.17) is 14.9 Å². The van der Waals surface area contributed by atoms with Gasteiger partial charge in [-0.1, -0.05) is 24.3 Å². The van der Waals surface area contributed by atoms with Gasteiger partial charge >= 0.3 is 5.63 Å². The number of fused-ring (bicyclic) bond motifs is 1. The Morgan fingerprint density at radius 1 is 1.19 bits per heavy atom. The Hall–Kier alpha value is -4.54. The zero-order valence-corrected chi connectivity index (χ0v) is 16.2. The van der Waals surface area contributed by atoms with Crippen molar-refractivity contribution in [2.24, 2.45) is 5.73 Å². The first-order chi connectivity index (χ1) is 15.0. The van der Waals surface area contributed by atoms with Gasteiger partial charge in [0.2, 0.25) is 11.7 Å². The number of amides is 2. The zero-order chi connectivity index (χ0) is 22.0. The summed E-state index contributed by atoms with van der Waals surface area (Å²) in [5.74, 6) is -0.731. The van der Waals surface area contributed by atoms with Crippen LogP contribution in [-0.4, -0.2) is 39.1 Å². The number of aromatic nitrogens is 4. The molecule has 0 radical (unpaired) electrons. The highest BCUT2D eigenvalue weighted by atomic mass is 16.5. The van der Waals surface area contributed by atoms with E-state index in [0.717, 1.165) is 4.80 Å². The van der Waals surface area contributed by atoms with E-state index >= 15 is 0 Å². The van der Waals surface area contributed by atoms with E-state index in [1.807, 2.05) is 0 Å². The summed E-state index contributed by atoms with van der Waals surface area (Å²) in [5, 5.41) is 14.9. The molecule has 2 aromatic carbocycles. The second-order valence-electron chi connectivity index (χ2n) is 6.44. The van der Waals surface area contributed by atoms with Gasteiger partial charge in [0.15, 0.2) is 11.3 Å². The molecule has 0 atom stereocenters. The number of primary amides is 1. The van der Waals surface area contributed by atoms with Gasteiger partial charge in [-0.25, -0.2) is 4.79 Å². The summed E-state index contributed by atoms with van der Waals surface area (Å²) in [4.78, 5) is 37.4. The van der Waals surface area contributed by atoms with Crippen molar-refractivity contribution in [1.29, 1.82) is 0 Å². The number of nitrogens with one attached hydrogen (secondary N) is 1. The average Bonchev–Trinajstić information content (AvgIpc) is 3.20. The molecule has 0 aliphatic carbocycles. The molecule has 0 saturated carbocycles. The number of benzene rings is 2. The molecule has 0 bridgehead atoms. The number of ether oxygens (including phenoxy) is 1. The van der Waals surface area contributed by atoms with Gasteiger partial charge in [0, 0.05) is 10.9 Å². The van der Waals surface area contributed by atoms with Crippen molar-refractivity contribution >= 4 is 28.5 Å². The molecular weight excluding hydrogens is 404 g/mol. The van der Waals surface area contributed by atoms with Gasteiger partial charge in [-0.2, -0.15) is 4.80 Å². The van der Waals surface area contributed by atoms with E-state index in [9.17, 15) is 14.4 Å². The molecule has 2 heterocycles. The third-order valence-electron chi connectivity index (χ3n) is 4.35. The third-order valence-corrected chi connectivity index (χ3v) is 4.35. The number of para-hydroxylation sites is 2. The molecule has 31 heavy (non-hydrogen) atoms. The minimum atomic E-state index is -0.808. The van der Waals surface area contributed by atoms with Crippen LogP contribution in [0.4, 0.5) is 5.69 Å². The number of nitrogens with two attached hydrogens (primary N) is 1. The molecule has 156 valence electrons. The molecule has 0 aliphatic rings. The van der Waals surface area contributed by atoms with Crippen LogP contribution in [0.1, 0.15) is 10.4 Å². The lowest BCUT2D eigenvalue weighted by atomic mass is 10.1. The Morgan fingerprint density at radius 3 is 2.77 bits per heavy atom. The van der Waals surface area contributed by atoms with Crippen LogP contribution >= 0.6 is 0 Å². The molecular formula is C20H16N6O5. The van der Waals surface area contributed by atoms with Gasteiger partial charge in [-0.15, -0.1) is 10.2 Å². The lowest BCUT2D eigenvalue weighted by Crippen LogP contribution is -2.21. The van der Waals surface area contributed by atoms with Crippen molar-refractivity contribution in [3.8, 4) is 17.1 Å². The van der Waals surface area contributed by atoms with Gasteiger partial charge < -0.3 is 20.2 Å². The Kier molecular flexibility index (Phi) is 5.14. The molecule has 0 spiro atoms. The topological polar surface area (TPSA) is 155 Å². The minimum Gasteiger partial charge on any atom is -0.493 e. The number of anilines is 1. The van der Waals surface area contributed by atoms with Crippen LogP contribution in [0.2, 0.25) is 0 Å². The molecule has 4 aromatic rings. The molecule has 2 aromatic heterocycles. The van der Waals surface area contributed by atoms with Gasteiger partial charge in [0.25, 0.3) is 5.91 Å². The van der Waals surface area contributed by atoms with Crippen molar-refractivity contribution in [2.75, 3.05) is 12.4 Å². The minimum absolute atomic E-state index is 0.174. The number of tetrazole rings is 1. The van der Waals surface area contributed by atoms with Gasteiger partial charge in [0.1, 0.15) is 12.1 Å². The fraction of sp³-hybridized carbons (Fsp3) is 0.100. The third kappa shape index (κ3) is 3.96. The quantitative estimate of drug-likeness (QED) is 0.441. The fourth-order valence-electron chi connectivity index (χ4n) is 2.97. The summed E-state index contributed by atoms with van der Waals surface area (Å²) in [6.45, 7) is -0.233. The zero-order valence-electron chi connectivity index (χ0n) is 16.2. The summed E-state index contributed by atoms with van der Waals surface area (Å²) in [7, 11) is 1.46. The number of hydrogen-bond acceptors (Lipinski definition) is 8. The van der Waals surface area contributed by atoms with Crippen LogP contribution in [-0.2, 0) is 11.3 Å². The van der Waals surface area contributed by atoms with Crippen molar-refractivity contribution in [2.45, 2.75) is 6.54 Å². The van der Waals surface area contributed by atoms with Crippen LogP contribution in [0.5, 0.6) is 5.75 Å². The second-order valence-corrected chi connectivity index (χ2v) is 6.44. The Morgan fingerprint density at radius 2 is 2.00 bits per heavy atom. The summed E-state index contributed by atoms with van der Waals surface area (Å²) >= 11 is 0. The van der Waals surface area contributed by atoms with Crippen molar-refractivity contribution in [1.82, 2.24) is 20.2 Å². The summed E-state index contributed by atoms with van der Waals surface area (Å²) < 4.78 is 10.5. The van der Waals surface area contributed by atoms with Crippen molar-refractivity contribution in [3.05, 3.63) is 64.5 Å².